The standard InChI is InChI=1S/C20H22O3/c1-15(21)5-2-6-16-7-3-9-18(13-16)19-10-4-8-17(14-19)11-12-20(22)23/h3-4,7-10,13-14H,2,5-6,11-12H2,1H3,(H,22,23). The highest BCUT2D eigenvalue weighted by molar-refractivity contribution is 5.75. The first-order valence-electron chi connectivity index (χ1n) is 7.94. The van der Waals surface area contributed by atoms with Gasteiger partial charge in [-0.1, -0.05) is 48.5 Å². The molecule has 0 aromatic heterocycles. The third kappa shape index (κ3) is 5.70. The molecule has 3 nitrogen and oxygen atoms in total. The van der Waals surface area contributed by atoms with E-state index < -0.39 is 5.97 Å². The van der Waals surface area contributed by atoms with E-state index in [1.165, 1.54) is 5.56 Å². The third-order valence-electron chi connectivity index (χ3n) is 3.81. The lowest BCUT2D eigenvalue weighted by Crippen LogP contribution is -1.97. The van der Waals surface area contributed by atoms with Gasteiger partial charge in [-0.15, -0.1) is 0 Å². The monoisotopic (exact) mass is 310 g/mol. The topological polar surface area (TPSA) is 54.4 Å². The third-order valence-corrected chi connectivity index (χ3v) is 3.81. The predicted molar refractivity (Wildman–Crippen MR) is 91.5 cm³/mol. The van der Waals surface area contributed by atoms with Crippen LogP contribution in [-0.4, -0.2) is 16.9 Å². The molecule has 1 N–H and O–H groups in total. The van der Waals surface area contributed by atoms with Crippen molar-refractivity contribution < 1.29 is 14.7 Å². The van der Waals surface area contributed by atoms with E-state index in [1.54, 1.807) is 6.92 Å². The molecule has 0 atom stereocenters. The second-order valence-corrected chi connectivity index (χ2v) is 5.85. The van der Waals surface area contributed by atoms with Crippen molar-refractivity contribution in [3.63, 3.8) is 0 Å². The molecule has 23 heavy (non-hydrogen) atoms. The minimum atomic E-state index is -0.775. The summed E-state index contributed by atoms with van der Waals surface area (Å²) in [5.74, 6) is -0.546. The SMILES string of the molecule is CC(=O)CCCc1cccc(-c2cccc(CCC(=O)O)c2)c1. The molecule has 0 fully saturated rings. The molecule has 0 unspecified atom stereocenters. The molecule has 2 rings (SSSR count). The molecule has 0 saturated heterocycles. The van der Waals surface area contributed by atoms with Gasteiger partial charge >= 0.3 is 5.97 Å². The van der Waals surface area contributed by atoms with Gasteiger partial charge in [0.05, 0.1) is 0 Å². The number of carboxylic acids is 1. The summed E-state index contributed by atoms with van der Waals surface area (Å²) in [7, 11) is 0. The summed E-state index contributed by atoms with van der Waals surface area (Å²) in [4.78, 5) is 21.7. The zero-order valence-electron chi connectivity index (χ0n) is 13.4. The van der Waals surface area contributed by atoms with Crippen molar-refractivity contribution in [2.75, 3.05) is 0 Å². The zero-order chi connectivity index (χ0) is 16.7. The molecule has 0 saturated carbocycles. The Morgan fingerprint density at radius 2 is 1.43 bits per heavy atom. The number of carbonyl (C=O) groups is 2. The van der Waals surface area contributed by atoms with Crippen molar-refractivity contribution in [2.45, 2.75) is 39.0 Å². The van der Waals surface area contributed by atoms with Crippen molar-refractivity contribution >= 4 is 11.8 Å². The Hall–Kier alpha value is -2.42. The first-order valence-corrected chi connectivity index (χ1v) is 7.94. The average molecular weight is 310 g/mol. The van der Waals surface area contributed by atoms with Crippen molar-refractivity contribution in [3.8, 4) is 11.1 Å². The molecule has 0 heterocycles. The van der Waals surface area contributed by atoms with E-state index in [0.717, 1.165) is 29.5 Å². The number of rotatable bonds is 8. The number of hydrogen-bond acceptors (Lipinski definition) is 2. The lowest BCUT2D eigenvalue weighted by atomic mass is 9.98. The van der Waals surface area contributed by atoms with Crippen LogP contribution in [0.2, 0.25) is 0 Å². The second kappa shape index (κ2) is 8.28. The van der Waals surface area contributed by atoms with Crippen molar-refractivity contribution in [1.29, 1.82) is 0 Å². The van der Waals surface area contributed by atoms with E-state index in [1.807, 2.05) is 24.3 Å². The van der Waals surface area contributed by atoms with Crippen LogP contribution in [0.4, 0.5) is 0 Å². The van der Waals surface area contributed by atoms with E-state index in [-0.39, 0.29) is 12.2 Å². The summed E-state index contributed by atoms with van der Waals surface area (Å²) in [5, 5.41) is 8.79. The minimum Gasteiger partial charge on any atom is -0.481 e. The summed E-state index contributed by atoms with van der Waals surface area (Å²) in [5.41, 5.74) is 4.48. The average Bonchev–Trinajstić information content (AvgIpc) is 2.53. The first kappa shape index (κ1) is 16.9. The summed E-state index contributed by atoms with van der Waals surface area (Å²) < 4.78 is 0. The number of hydrogen-bond donors (Lipinski definition) is 1. The van der Waals surface area contributed by atoms with Gasteiger partial charge in [0.2, 0.25) is 0 Å². The molecule has 0 spiro atoms. The highest BCUT2D eigenvalue weighted by atomic mass is 16.4. The number of carbonyl (C=O) groups excluding carboxylic acids is 1. The van der Waals surface area contributed by atoms with Crippen LogP contribution < -0.4 is 0 Å². The predicted octanol–water partition coefficient (Wildman–Crippen LogP) is 4.28. The smallest absolute Gasteiger partial charge is 0.303 e. The zero-order valence-corrected chi connectivity index (χ0v) is 13.4. The number of Topliss-reactive ketones (excluding diaryl/α,β-unsaturated/α-hetero) is 1. The van der Waals surface area contributed by atoms with Crippen LogP contribution in [0.25, 0.3) is 11.1 Å². The molecule has 0 aliphatic carbocycles. The van der Waals surface area contributed by atoms with Gasteiger partial charge in [-0.2, -0.15) is 0 Å². The maximum absolute atomic E-state index is 11.0. The van der Waals surface area contributed by atoms with Gasteiger partial charge in [0, 0.05) is 12.8 Å². The Morgan fingerprint density at radius 3 is 1.96 bits per heavy atom. The van der Waals surface area contributed by atoms with Gasteiger partial charge in [-0.3, -0.25) is 4.79 Å². The van der Waals surface area contributed by atoms with Gasteiger partial charge in [0.15, 0.2) is 0 Å². The first-order chi connectivity index (χ1) is 11.0. The number of aliphatic carboxylic acids is 1. The summed E-state index contributed by atoms with van der Waals surface area (Å²) >= 11 is 0. The summed E-state index contributed by atoms with van der Waals surface area (Å²) in [6, 6.07) is 16.3. The lowest BCUT2D eigenvalue weighted by Gasteiger charge is -2.07. The molecular weight excluding hydrogens is 288 g/mol. The number of benzene rings is 2. The molecule has 0 radical (unpaired) electrons. The van der Waals surface area contributed by atoms with Gasteiger partial charge in [0.25, 0.3) is 0 Å². The molecule has 120 valence electrons. The molecule has 3 heteroatoms. The number of aryl methyl sites for hydroxylation is 2. The van der Waals surface area contributed by atoms with Crippen molar-refractivity contribution in [3.05, 3.63) is 59.7 Å². The fourth-order valence-corrected chi connectivity index (χ4v) is 2.61. The van der Waals surface area contributed by atoms with E-state index in [4.69, 9.17) is 5.11 Å². The molecule has 2 aromatic carbocycles. The van der Waals surface area contributed by atoms with Gasteiger partial charge in [-0.05, 0) is 48.4 Å². The van der Waals surface area contributed by atoms with E-state index in [9.17, 15) is 9.59 Å². The highest BCUT2D eigenvalue weighted by Gasteiger charge is 2.04. The van der Waals surface area contributed by atoms with E-state index >= 15 is 0 Å². The van der Waals surface area contributed by atoms with Crippen LogP contribution in [0.1, 0.15) is 37.3 Å². The van der Waals surface area contributed by atoms with E-state index in [0.29, 0.717) is 12.8 Å². The van der Waals surface area contributed by atoms with Crippen LogP contribution in [-0.2, 0) is 22.4 Å². The fourth-order valence-electron chi connectivity index (χ4n) is 2.61. The number of carboxylic acid groups (broad SMARTS) is 1. The van der Waals surface area contributed by atoms with Crippen molar-refractivity contribution in [2.24, 2.45) is 0 Å². The Balaban J connectivity index is 2.10. The Bertz CT molecular complexity index is 689. The Kier molecular flexibility index (Phi) is 6.10. The molecule has 2 aromatic rings. The summed E-state index contributed by atoms with van der Waals surface area (Å²) in [6.07, 6.45) is 3.08. The van der Waals surface area contributed by atoms with Crippen LogP contribution in [0.3, 0.4) is 0 Å². The van der Waals surface area contributed by atoms with Gasteiger partial charge in [-0.25, -0.2) is 0 Å². The van der Waals surface area contributed by atoms with E-state index in [2.05, 4.69) is 24.3 Å². The van der Waals surface area contributed by atoms with Crippen molar-refractivity contribution in [1.82, 2.24) is 0 Å². The fraction of sp³-hybridized carbons (Fsp3) is 0.300. The largest absolute Gasteiger partial charge is 0.481 e. The Labute approximate surface area is 137 Å². The van der Waals surface area contributed by atoms with Crippen LogP contribution >= 0.6 is 0 Å². The number of ketones is 1. The maximum atomic E-state index is 11.0. The lowest BCUT2D eigenvalue weighted by molar-refractivity contribution is -0.137. The van der Waals surface area contributed by atoms with Crippen LogP contribution in [0.15, 0.2) is 48.5 Å². The van der Waals surface area contributed by atoms with Crippen LogP contribution in [0.5, 0.6) is 0 Å². The molecule has 0 bridgehead atoms. The molecular formula is C20H22O3. The normalized spacial score (nSPS) is 10.5. The molecule has 0 aliphatic heterocycles. The maximum Gasteiger partial charge on any atom is 0.303 e. The van der Waals surface area contributed by atoms with Gasteiger partial charge in [0.1, 0.15) is 5.78 Å². The quantitative estimate of drug-likeness (QED) is 0.791. The molecule has 0 amide bonds. The van der Waals surface area contributed by atoms with Gasteiger partial charge < -0.3 is 9.90 Å². The summed E-state index contributed by atoms with van der Waals surface area (Å²) in [6.45, 7) is 1.62. The highest BCUT2D eigenvalue weighted by Crippen LogP contribution is 2.23. The Morgan fingerprint density at radius 1 is 0.870 bits per heavy atom. The second-order valence-electron chi connectivity index (χ2n) is 5.85. The minimum absolute atomic E-state index is 0.147. The molecule has 0 aliphatic rings. The van der Waals surface area contributed by atoms with Crippen LogP contribution in [0, 0.1) is 0 Å².